The minimum absolute atomic E-state index is 0.0422. The molecule has 63 heavy (non-hydrogen) atoms. The first kappa shape index (κ1) is 43.2. The molecule has 0 aliphatic carbocycles. The Morgan fingerprint density at radius 2 is 1.29 bits per heavy atom. The molecule has 5 amide bonds. The molecule has 4 aliphatic rings. The molecule has 3 aromatic carbocycles. The minimum Gasteiger partial charge on any atom is -0.453 e. The molecule has 15 heteroatoms. The third kappa shape index (κ3) is 8.53. The predicted molar refractivity (Wildman–Crippen MR) is 238 cm³/mol. The number of rotatable bonds is 12. The summed E-state index contributed by atoms with van der Waals surface area (Å²) in [6, 6.07) is 18.3. The monoisotopic (exact) mass is 856 g/mol. The number of ether oxygens (including phenoxy) is 2. The quantitative estimate of drug-likeness (QED) is 0.0934. The van der Waals surface area contributed by atoms with Gasteiger partial charge in [-0.15, -0.1) is 0 Å². The second-order valence-corrected chi connectivity index (χ2v) is 17.4. The van der Waals surface area contributed by atoms with Crippen LogP contribution in [-0.4, -0.2) is 95.1 Å². The van der Waals surface area contributed by atoms with Crippen molar-refractivity contribution in [3.63, 3.8) is 0 Å². The van der Waals surface area contributed by atoms with Gasteiger partial charge in [-0.2, -0.15) is 0 Å². The molecule has 5 N–H and O–H groups in total. The molecule has 330 valence electrons. The summed E-state index contributed by atoms with van der Waals surface area (Å²) in [5.41, 5.74) is 9.12. The van der Waals surface area contributed by atoms with Gasteiger partial charge in [0.2, 0.25) is 17.7 Å². The highest BCUT2D eigenvalue weighted by Gasteiger charge is 2.41. The van der Waals surface area contributed by atoms with Gasteiger partial charge in [0.1, 0.15) is 23.9 Å². The topological polar surface area (TPSA) is 187 Å². The number of hydrogen-bond acceptors (Lipinski definition) is 9. The van der Waals surface area contributed by atoms with Crippen LogP contribution in [0.2, 0.25) is 0 Å². The highest BCUT2D eigenvalue weighted by atomic mass is 16.5. The molecule has 4 aromatic rings. The first-order chi connectivity index (χ1) is 30.4. The number of anilines is 1. The van der Waals surface area contributed by atoms with Gasteiger partial charge in [-0.1, -0.05) is 88.4 Å². The summed E-state index contributed by atoms with van der Waals surface area (Å²) in [5, 5.41) is 12.2. The number of hydrogen-bond donors (Lipinski definition) is 5. The Hall–Kier alpha value is -6.48. The number of carbonyl (C=O) groups is 5. The number of nitrogens with zero attached hydrogens (tertiary/aromatic N) is 3. The van der Waals surface area contributed by atoms with Gasteiger partial charge >= 0.3 is 12.2 Å². The Bertz CT molecular complexity index is 2430. The molecular weight excluding hydrogens is 801 g/mol. The maximum atomic E-state index is 13.8. The molecule has 2 fully saturated rings. The zero-order valence-electron chi connectivity index (χ0n) is 36.6. The Morgan fingerprint density at radius 1 is 0.714 bits per heavy atom. The van der Waals surface area contributed by atoms with Crippen LogP contribution < -0.4 is 21.3 Å². The van der Waals surface area contributed by atoms with E-state index in [0.717, 1.165) is 46.4 Å². The van der Waals surface area contributed by atoms with Crippen LogP contribution in [0.1, 0.15) is 88.5 Å². The van der Waals surface area contributed by atoms with Gasteiger partial charge in [-0.25, -0.2) is 14.6 Å². The largest absolute Gasteiger partial charge is 0.453 e. The summed E-state index contributed by atoms with van der Waals surface area (Å²) in [6.45, 7) is 8.51. The second kappa shape index (κ2) is 18.1. The highest BCUT2D eigenvalue weighted by molar-refractivity contribution is 5.99. The van der Waals surface area contributed by atoms with Crippen LogP contribution in [0.5, 0.6) is 0 Å². The Labute approximate surface area is 367 Å². The van der Waals surface area contributed by atoms with Crippen LogP contribution >= 0.6 is 0 Å². The van der Waals surface area contributed by atoms with Gasteiger partial charge in [0.15, 0.2) is 0 Å². The van der Waals surface area contributed by atoms with E-state index in [0.29, 0.717) is 37.4 Å². The van der Waals surface area contributed by atoms with Crippen molar-refractivity contribution in [1.82, 2.24) is 35.7 Å². The van der Waals surface area contributed by atoms with Gasteiger partial charge in [0, 0.05) is 18.8 Å². The maximum absolute atomic E-state index is 13.8. The molecule has 4 aliphatic heterocycles. The lowest BCUT2D eigenvalue weighted by Gasteiger charge is -2.30. The Morgan fingerprint density at radius 3 is 1.90 bits per heavy atom. The van der Waals surface area contributed by atoms with Crippen molar-refractivity contribution in [2.75, 3.05) is 32.6 Å². The molecule has 2 bridgehead atoms. The molecule has 8 rings (SSSR count). The van der Waals surface area contributed by atoms with Crippen LogP contribution in [0.25, 0.3) is 33.5 Å². The van der Waals surface area contributed by atoms with E-state index in [-0.39, 0.29) is 47.7 Å². The van der Waals surface area contributed by atoms with Crippen molar-refractivity contribution >= 4 is 35.6 Å². The molecule has 1 aromatic heterocycles. The summed E-state index contributed by atoms with van der Waals surface area (Å²) >= 11 is 0. The van der Waals surface area contributed by atoms with Gasteiger partial charge in [0.05, 0.1) is 44.2 Å². The summed E-state index contributed by atoms with van der Waals surface area (Å²) in [5.74, 6) is -0.312. The lowest BCUT2D eigenvalue weighted by atomic mass is 9.84. The molecule has 0 spiro atoms. The van der Waals surface area contributed by atoms with Gasteiger partial charge in [0.25, 0.3) is 0 Å². The molecule has 5 heterocycles. The fourth-order valence-corrected chi connectivity index (χ4v) is 9.54. The number of methoxy groups -OCH3 is 2. The summed E-state index contributed by atoms with van der Waals surface area (Å²) < 4.78 is 9.53. The molecule has 15 nitrogen and oxygen atoms in total. The van der Waals surface area contributed by atoms with Crippen molar-refractivity contribution in [1.29, 1.82) is 0 Å². The van der Waals surface area contributed by atoms with Gasteiger partial charge < -0.3 is 40.2 Å². The van der Waals surface area contributed by atoms with E-state index in [1.165, 1.54) is 25.3 Å². The number of aromatic amines is 1. The van der Waals surface area contributed by atoms with Crippen molar-refractivity contribution in [2.24, 2.45) is 11.8 Å². The van der Waals surface area contributed by atoms with Crippen molar-refractivity contribution in [2.45, 2.75) is 89.6 Å². The standard InChI is InChI=1S/C48H56N8O7/c1-26(2)41(53-47(60)62-5)45(58)55-22-8-12-37(55)43-49-25-36(52-43)29-16-14-28(15-17-29)32-18-19-33(40-35-21-20-34(51-35)39(32)40)30-10-7-11-31(24-30)50-44(57)38-13-9-23-56(38)46(59)42(27(3)4)54-48(61)63-6/h7,10-11,14-21,24-27,34-35,37-38,41-42,51H,8-9,12-13,22-23H2,1-6H3,(H,49,52)(H,50,57)(H,53,60)(H,54,61)/t34?,35?,37-,38-,41-,42-/m0/s1. The smallest absolute Gasteiger partial charge is 0.407 e. The second-order valence-electron chi connectivity index (χ2n) is 17.4. The van der Waals surface area contributed by atoms with Crippen LogP contribution in [0.15, 0.2) is 79.0 Å². The maximum Gasteiger partial charge on any atom is 0.407 e. The molecule has 0 radical (unpaired) electrons. The Kier molecular flexibility index (Phi) is 12.4. The molecule has 2 unspecified atom stereocenters. The number of alkyl carbamates (subject to hydrolysis) is 2. The van der Waals surface area contributed by atoms with E-state index in [1.54, 1.807) is 4.90 Å². The van der Waals surface area contributed by atoms with E-state index in [2.05, 4.69) is 74.8 Å². The number of imidazole rings is 1. The van der Waals surface area contributed by atoms with Crippen LogP contribution in [0.3, 0.4) is 0 Å². The van der Waals surface area contributed by atoms with Crippen molar-refractivity contribution < 1.29 is 33.4 Å². The summed E-state index contributed by atoms with van der Waals surface area (Å²) in [7, 11) is 2.55. The molecule has 6 atom stereocenters. The fourth-order valence-electron chi connectivity index (χ4n) is 9.54. The summed E-state index contributed by atoms with van der Waals surface area (Å²) in [6.07, 6.45) is 7.72. The lowest BCUT2D eigenvalue weighted by Crippen LogP contribution is -2.54. The highest BCUT2D eigenvalue weighted by Crippen LogP contribution is 2.49. The molecule has 2 saturated heterocycles. The fraction of sp³-hybridized carbons (Fsp3) is 0.417. The third-order valence-electron chi connectivity index (χ3n) is 12.8. The average molecular weight is 857 g/mol. The first-order valence-corrected chi connectivity index (χ1v) is 21.8. The number of carbonyl (C=O) groups excluding carboxylic acids is 5. The van der Waals surface area contributed by atoms with Crippen molar-refractivity contribution in [3.05, 3.63) is 96.0 Å². The van der Waals surface area contributed by atoms with E-state index in [1.807, 2.05) is 63.1 Å². The van der Waals surface area contributed by atoms with E-state index in [9.17, 15) is 24.0 Å². The Balaban J connectivity index is 0.991. The number of fused-ring (bicyclic) bond motifs is 5. The van der Waals surface area contributed by atoms with Crippen LogP contribution in [-0.2, 0) is 23.9 Å². The number of likely N-dealkylation sites (tertiary alicyclic amines) is 2. The molecular formula is C48H56N8O7. The zero-order chi connectivity index (χ0) is 44.5. The van der Waals surface area contributed by atoms with E-state index >= 15 is 0 Å². The number of benzene rings is 3. The first-order valence-electron chi connectivity index (χ1n) is 21.8. The molecule has 0 saturated carbocycles. The third-order valence-corrected chi connectivity index (χ3v) is 12.8. The number of nitrogens with one attached hydrogen (secondary N) is 5. The van der Waals surface area contributed by atoms with Crippen LogP contribution in [0, 0.1) is 11.8 Å². The number of amides is 5. The SMILES string of the molecule is COC(=O)N[C@H](C(=O)N1CCC[C@H]1C(=O)Nc1cccc(-c2ccc(-c3ccc(-c4cnc([C@@H]5CCCN5C(=O)[C@@H](NC(=O)OC)C(C)C)[nH]4)cc3)c3c2C2C=CC3N2)c1)C(C)C. The zero-order valence-corrected chi connectivity index (χ0v) is 36.6. The van der Waals surface area contributed by atoms with Gasteiger partial charge in [-0.05, 0) is 88.6 Å². The minimum atomic E-state index is -0.809. The van der Waals surface area contributed by atoms with Crippen molar-refractivity contribution in [3.8, 4) is 33.5 Å². The average Bonchev–Trinajstić information content (AvgIpc) is 4.15. The number of H-pyrrole nitrogens is 1. The summed E-state index contributed by atoms with van der Waals surface area (Å²) in [4.78, 5) is 76.7. The predicted octanol–water partition coefficient (Wildman–Crippen LogP) is 7.02. The van der Waals surface area contributed by atoms with E-state index in [4.69, 9.17) is 14.5 Å². The van der Waals surface area contributed by atoms with E-state index < -0.39 is 30.3 Å². The van der Waals surface area contributed by atoms with Crippen LogP contribution in [0.4, 0.5) is 15.3 Å². The lowest BCUT2D eigenvalue weighted by molar-refractivity contribution is -0.139. The van der Waals surface area contributed by atoms with Gasteiger partial charge in [-0.3, -0.25) is 19.7 Å². The number of aromatic nitrogens is 2. The normalized spacial score (nSPS) is 20.8.